The second-order valence-corrected chi connectivity index (χ2v) is 6.11. The molecule has 0 saturated carbocycles. The Balaban J connectivity index is 1.63. The molecule has 146 valence electrons. The Morgan fingerprint density at radius 1 is 1.04 bits per heavy atom. The number of carbonyl (C=O) groups excluding carboxylic acids is 3. The number of ether oxygens (including phenoxy) is 3. The minimum absolute atomic E-state index is 0.0510. The van der Waals surface area contributed by atoms with Gasteiger partial charge in [-0.3, -0.25) is 9.59 Å². The van der Waals surface area contributed by atoms with Gasteiger partial charge in [0.2, 0.25) is 0 Å². The zero-order valence-electron chi connectivity index (χ0n) is 15.5. The Kier molecular flexibility index (Phi) is 5.78. The molecule has 0 unspecified atom stereocenters. The Morgan fingerprint density at radius 2 is 1.68 bits per heavy atom. The third-order valence-corrected chi connectivity index (χ3v) is 4.23. The van der Waals surface area contributed by atoms with E-state index in [2.05, 4.69) is 5.32 Å². The van der Waals surface area contributed by atoms with Crippen molar-refractivity contribution in [2.75, 3.05) is 14.2 Å². The van der Waals surface area contributed by atoms with Crippen molar-refractivity contribution in [1.29, 1.82) is 0 Å². The SMILES string of the molecule is COc1cc(CNC(=O)[C@H]2OC(=O)N(Cc3ccccc3)C2=O)cc(OC)c1. The molecule has 2 aromatic rings. The maximum absolute atomic E-state index is 12.5. The lowest BCUT2D eigenvalue weighted by atomic mass is 10.2. The maximum Gasteiger partial charge on any atom is 0.418 e. The molecule has 8 nitrogen and oxygen atoms in total. The summed E-state index contributed by atoms with van der Waals surface area (Å²) in [6.45, 7) is 0.168. The van der Waals surface area contributed by atoms with Gasteiger partial charge in [0.1, 0.15) is 11.5 Å². The first-order valence-corrected chi connectivity index (χ1v) is 8.57. The van der Waals surface area contributed by atoms with Gasteiger partial charge in [0.05, 0.1) is 20.8 Å². The first-order chi connectivity index (χ1) is 13.5. The highest BCUT2D eigenvalue weighted by molar-refractivity contribution is 6.12. The van der Waals surface area contributed by atoms with Crippen molar-refractivity contribution in [3.63, 3.8) is 0 Å². The molecule has 2 aromatic carbocycles. The van der Waals surface area contributed by atoms with Crippen LogP contribution in [0.4, 0.5) is 4.79 Å². The van der Waals surface area contributed by atoms with Crippen molar-refractivity contribution >= 4 is 17.9 Å². The Hall–Kier alpha value is -3.55. The summed E-state index contributed by atoms with van der Waals surface area (Å²) in [6, 6.07) is 14.2. The number of benzene rings is 2. The van der Waals surface area contributed by atoms with E-state index in [0.29, 0.717) is 17.1 Å². The van der Waals surface area contributed by atoms with Gasteiger partial charge in [0, 0.05) is 12.6 Å². The Bertz CT molecular complexity index is 861. The second kappa shape index (κ2) is 8.43. The molecule has 0 bridgehead atoms. The molecule has 0 radical (unpaired) electrons. The van der Waals surface area contributed by atoms with Gasteiger partial charge in [-0.25, -0.2) is 9.69 Å². The standard InChI is InChI=1S/C20H20N2O6/c1-26-15-8-14(9-16(10-15)27-2)11-21-18(23)17-19(24)22(20(25)28-17)12-13-6-4-3-5-7-13/h3-10,17H,11-12H2,1-2H3,(H,21,23)/t17-/m1/s1. The molecule has 1 N–H and O–H groups in total. The highest BCUT2D eigenvalue weighted by Gasteiger charge is 2.44. The number of nitrogens with one attached hydrogen (secondary N) is 1. The fourth-order valence-corrected chi connectivity index (χ4v) is 2.77. The molecular weight excluding hydrogens is 364 g/mol. The topological polar surface area (TPSA) is 94.2 Å². The van der Waals surface area contributed by atoms with Gasteiger partial charge in [0.15, 0.2) is 0 Å². The number of amides is 3. The van der Waals surface area contributed by atoms with Gasteiger partial charge in [-0.15, -0.1) is 0 Å². The number of cyclic esters (lactones) is 1. The van der Waals surface area contributed by atoms with E-state index in [-0.39, 0.29) is 13.1 Å². The molecular formula is C20H20N2O6. The van der Waals surface area contributed by atoms with Gasteiger partial charge in [-0.2, -0.15) is 0 Å². The average molecular weight is 384 g/mol. The number of carbonyl (C=O) groups is 3. The minimum Gasteiger partial charge on any atom is -0.497 e. The molecule has 0 spiro atoms. The van der Waals surface area contributed by atoms with Gasteiger partial charge in [0.25, 0.3) is 17.9 Å². The zero-order chi connectivity index (χ0) is 20.1. The molecule has 28 heavy (non-hydrogen) atoms. The molecule has 3 rings (SSSR count). The van der Waals surface area contributed by atoms with Crippen LogP contribution in [-0.4, -0.2) is 43.1 Å². The number of rotatable bonds is 7. The first kappa shape index (κ1) is 19.2. The summed E-state index contributed by atoms with van der Waals surface area (Å²) in [7, 11) is 3.05. The van der Waals surface area contributed by atoms with Gasteiger partial charge >= 0.3 is 6.09 Å². The van der Waals surface area contributed by atoms with Crippen LogP contribution in [0, 0.1) is 0 Å². The fourth-order valence-electron chi connectivity index (χ4n) is 2.77. The molecule has 0 aromatic heterocycles. The molecule has 1 aliphatic rings. The summed E-state index contributed by atoms with van der Waals surface area (Å²) in [5, 5.41) is 2.60. The molecule has 3 amide bonds. The van der Waals surface area contributed by atoms with Crippen LogP contribution in [0.2, 0.25) is 0 Å². The van der Waals surface area contributed by atoms with Gasteiger partial charge in [-0.1, -0.05) is 30.3 Å². The van der Waals surface area contributed by atoms with Crippen molar-refractivity contribution < 1.29 is 28.6 Å². The fraction of sp³-hybridized carbons (Fsp3) is 0.250. The maximum atomic E-state index is 12.5. The Morgan fingerprint density at radius 3 is 2.29 bits per heavy atom. The normalized spacial score (nSPS) is 15.9. The molecule has 1 fully saturated rings. The van der Waals surface area contributed by atoms with Crippen molar-refractivity contribution in [2.24, 2.45) is 0 Å². The lowest BCUT2D eigenvalue weighted by molar-refractivity contribution is -0.139. The predicted octanol–water partition coefficient (Wildman–Crippen LogP) is 1.87. The number of methoxy groups -OCH3 is 2. The molecule has 1 aliphatic heterocycles. The van der Waals surface area contributed by atoms with Crippen molar-refractivity contribution in [3.8, 4) is 11.5 Å². The smallest absolute Gasteiger partial charge is 0.418 e. The highest BCUT2D eigenvalue weighted by Crippen LogP contribution is 2.22. The van der Waals surface area contributed by atoms with Crippen molar-refractivity contribution in [2.45, 2.75) is 19.2 Å². The van der Waals surface area contributed by atoms with Gasteiger partial charge < -0.3 is 19.5 Å². The molecule has 8 heteroatoms. The third-order valence-electron chi connectivity index (χ3n) is 4.23. The van der Waals surface area contributed by atoms with E-state index < -0.39 is 24.0 Å². The second-order valence-electron chi connectivity index (χ2n) is 6.11. The minimum atomic E-state index is -1.50. The van der Waals surface area contributed by atoms with Crippen LogP contribution in [0.1, 0.15) is 11.1 Å². The summed E-state index contributed by atoms with van der Waals surface area (Å²) in [5.74, 6) is -0.229. The largest absolute Gasteiger partial charge is 0.497 e. The monoisotopic (exact) mass is 384 g/mol. The van der Waals surface area contributed by atoms with Crippen molar-refractivity contribution in [3.05, 3.63) is 59.7 Å². The summed E-state index contributed by atoms with van der Waals surface area (Å²) in [4.78, 5) is 37.8. The molecule has 1 saturated heterocycles. The van der Waals surface area contributed by atoms with Crippen LogP contribution in [0.3, 0.4) is 0 Å². The predicted molar refractivity (Wildman–Crippen MR) is 98.7 cm³/mol. The third kappa shape index (κ3) is 4.22. The Labute approximate surface area is 162 Å². The summed E-state index contributed by atoms with van der Waals surface area (Å²) < 4.78 is 15.3. The summed E-state index contributed by atoms with van der Waals surface area (Å²) in [6.07, 6.45) is -2.33. The number of imide groups is 1. The lowest BCUT2D eigenvalue weighted by Crippen LogP contribution is -2.40. The lowest BCUT2D eigenvalue weighted by Gasteiger charge is -2.12. The van der Waals surface area contributed by atoms with Crippen LogP contribution in [0.5, 0.6) is 11.5 Å². The van der Waals surface area contributed by atoms with E-state index in [0.717, 1.165) is 10.5 Å². The molecule has 1 heterocycles. The van der Waals surface area contributed by atoms with Crippen molar-refractivity contribution in [1.82, 2.24) is 10.2 Å². The van der Waals surface area contributed by atoms with Crippen LogP contribution < -0.4 is 14.8 Å². The van der Waals surface area contributed by atoms with E-state index in [4.69, 9.17) is 14.2 Å². The van der Waals surface area contributed by atoms with E-state index in [9.17, 15) is 14.4 Å². The summed E-state index contributed by atoms with van der Waals surface area (Å²) >= 11 is 0. The number of hydrogen-bond acceptors (Lipinski definition) is 6. The summed E-state index contributed by atoms with van der Waals surface area (Å²) in [5.41, 5.74) is 1.47. The van der Waals surface area contributed by atoms with Gasteiger partial charge in [-0.05, 0) is 23.3 Å². The van der Waals surface area contributed by atoms with E-state index in [1.807, 2.05) is 6.07 Å². The number of hydrogen-bond donors (Lipinski definition) is 1. The van der Waals surface area contributed by atoms with E-state index >= 15 is 0 Å². The van der Waals surface area contributed by atoms with Crippen LogP contribution in [0.15, 0.2) is 48.5 Å². The first-order valence-electron chi connectivity index (χ1n) is 8.57. The average Bonchev–Trinajstić information content (AvgIpc) is 3.00. The zero-order valence-corrected chi connectivity index (χ0v) is 15.5. The van der Waals surface area contributed by atoms with Crippen LogP contribution >= 0.6 is 0 Å². The quantitative estimate of drug-likeness (QED) is 0.733. The van der Waals surface area contributed by atoms with E-state index in [1.165, 1.54) is 14.2 Å². The molecule has 0 aliphatic carbocycles. The van der Waals surface area contributed by atoms with E-state index in [1.54, 1.807) is 42.5 Å². The van der Waals surface area contributed by atoms with Crippen LogP contribution in [-0.2, 0) is 27.4 Å². The van der Waals surface area contributed by atoms with Crippen LogP contribution in [0.25, 0.3) is 0 Å². The molecule has 1 atom stereocenters. The number of nitrogens with zero attached hydrogens (tertiary/aromatic N) is 1. The highest BCUT2D eigenvalue weighted by atomic mass is 16.6.